The van der Waals surface area contributed by atoms with Gasteiger partial charge in [-0.05, 0) is 36.8 Å². The number of nitrogens with two attached hydrogens (primary N) is 1. The number of benzene rings is 1. The van der Waals surface area contributed by atoms with Crippen molar-refractivity contribution in [1.29, 1.82) is 0 Å². The topological polar surface area (TPSA) is 110 Å². The molecular weight excluding hydrogens is 449 g/mol. The molecule has 1 aliphatic heterocycles. The summed E-state index contributed by atoms with van der Waals surface area (Å²) in [4.78, 5) is 20.8. The molecule has 3 aromatic rings. The molecule has 2 aromatic heterocycles. The number of anilines is 1. The summed E-state index contributed by atoms with van der Waals surface area (Å²) in [5.74, 6) is -3.73. The average Bonchev–Trinajstić information content (AvgIpc) is 2.82. The number of carbonyl (C=O) groups is 1. The number of aliphatic hydroxyl groups excluding tert-OH is 1. The quantitative estimate of drug-likeness (QED) is 0.522. The number of pyridine rings is 2. The summed E-state index contributed by atoms with van der Waals surface area (Å²) < 4.78 is 48.8. The Morgan fingerprint density at radius 2 is 1.91 bits per heavy atom. The molecule has 4 N–H and O–H groups in total. The standard InChI is InChI=1S/C24H23F3N4O3/c1-2-19-22(28)18(32)10-20(34-19)12-8-9-29-11-17(12)31-24(33)16-7-6-15(27)23(30-16)21-13(25)4-3-5-14(21)26/h3-9,11,18-20,22,32H,2,10,28H2,1H3,(H,31,33)/t18-,19-,20-,22-/m1/s1. The SMILES string of the molecule is CC[C@H]1O[C@@H](c2ccncc2NC(=O)c2ccc(F)c(-c3c(F)cccc3F)n2)C[C@@H](O)[C@H]1N. The maximum Gasteiger partial charge on any atom is 0.274 e. The highest BCUT2D eigenvalue weighted by atomic mass is 19.1. The molecule has 1 saturated heterocycles. The third-order valence-corrected chi connectivity index (χ3v) is 5.80. The molecule has 10 heteroatoms. The van der Waals surface area contributed by atoms with Crippen LogP contribution >= 0.6 is 0 Å². The fourth-order valence-electron chi connectivity index (χ4n) is 3.99. The molecule has 0 spiro atoms. The summed E-state index contributed by atoms with van der Waals surface area (Å²) in [5, 5.41) is 13.0. The van der Waals surface area contributed by atoms with Crippen molar-refractivity contribution < 1.29 is 27.8 Å². The predicted octanol–water partition coefficient (Wildman–Crippen LogP) is 3.74. The first-order valence-electron chi connectivity index (χ1n) is 10.8. The van der Waals surface area contributed by atoms with Crippen molar-refractivity contribution in [2.24, 2.45) is 5.73 Å². The van der Waals surface area contributed by atoms with Gasteiger partial charge in [-0.2, -0.15) is 0 Å². The van der Waals surface area contributed by atoms with Crippen LogP contribution in [0.3, 0.4) is 0 Å². The number of nitrogens with one attached hydrogen (secondary N) is 1. The lowest BCUT2D eigenvalue weighted by molar-refractivity contribution is -0.111. The van der Waals surface area contributed by atoms with Crippen molar-refractivity contribution >= 4 is 11.6 Å². The Morgan fingerprint density at radius 1 is 1.18 bits per heavy atom. The van der Waals surface area contributed by atoms with Gasteiger partial charge in [0.2, 0.25) is 0 Å². The van der Waals surface area contributed by atoms with Crippen molar-refractivity contribution in [3.63, 3.8) is 0 Å². The Morgan fingerprint density at radius 3 is 2.62 bits per heavy atom. The third-order valence-electron chi connectivity index (χ3n) is 5.80. The number of nitrogens with zero attached hydrogens (tertiary/aromatic N) is 2. The maximum atomic E-state index is 14.4. The van der Waals surface area contributed by atoms with Gasteiger partial charge in [-0.15, -0.1) is 0 Å². The molecule has 178 valence electrons. The van der Waals surface area contributed by atoms with E-state index in [1.807, 2.05) is 6.92 Å². The second-order valence-electron chi connectivity index (χ2n) is 7.99. The van der Waals surface area contributed by atoms with E-state index in [0.29, 0.717) is 17.7 Å². The summed E-state index contributed by atoms with van der Waals surface area (Å²) in [6.07, 6.45) is 2.01. The number of hydrogen-bond acceptors (Lipinski definition) is 6. The lowest BCUT2D eigenvalue weighted by atomic mass is 9.91. The zero-order valence-corrected chi connectivity index (χ0v) is 18.2. The molecular formula is C24H23F3N4O3. The monoisotopic (exact) mass is 472 g/mol. The molecule has 4 rings (SSSR count). The Labute approximate surface area is 193 Å². The van der Waals surface area contributed by atoms with Gasteiger partial charge < -0.3 is 20.9 Å². The zero-order chi connectivity index (χ0) is 24.4. The molecule has 1 amide bonds. The smallest absolute Gasteiger partial charge is 0.274 e. The minimum atomic E-state index is -1.00. The fourth-order valence-corrected chi connectivity index (χ4v) is 3.99. The lowest BCUT2D eigenvalue weighted by Gasteiger charge is -2.38. The normalized spacial score (nSPS) is 22.4. The number of aromatic nitrogens is 2. The molecule has 0 radical (unpaired) electrons. The Hall–Kier alpha value is -3.34. The molecule has 7 nitrogen and oxygen atoms in total. The summed E-state index contributed by atoms with van der Waals surface area (Å²) in [6.45, 7) is 1.89. The molecule has 0 bridgehead atoms. The van der Waals surface area contributed by atoms with E-state index in [2.05, 4.69) is 15.3 Å². The van der Waals surface area contributed by atoms with Crippen LogP contribution in [0.1, 0.15) is 41.9 Å². The van der Waals surface area contributed by atoms with Crippen LogP contribution in [0.25, 0.3) is 11.3 Å². The molecule has 1 aliphatic rings. The van der Waals surface area contributed by atoms with Crippen LogP contribution in [0.5, 0.6) is 0 Å². The van der Waals surface area contributed by atoms with E-state index in [0.717, 1.165) is 30.3 Å². The van der Waals surface area contributed by atoms with E-state index >= 15 is 0 Å². The Balaban J connectivity index is 1.63. The highest BCUT2D eigenvalue weighted by Gasteiger charge is 2.36. The molecule has 1 aromatic carbocycles. The Kier molecular flexibility index (Phi) is 6.92. The molecule has 1 fully saturated rings. The second kappa shape index (κ2) is 9.88. The van der Waals surface area contributed by atoms with Crippen LogP contribution in [0.4, 0.5) is 18.9 Å². The van der Waals surface area contributed by atoms with Gasteiger partial charge in [0.25, 0.3) is 5.91 Å². The van der Waals surface area contributed by atoms with Gasteiger partial charge in [0.15, 0.2) is 0 Å². The first kappa shape index (κ1) is 23.8. The third kappa shape index (κ3) is 4.65. The highest BCUT2D eigenvalue weighted by molar-refractivity contribution is 6.03. The minimum absolute atomic E-state index is 0.218. The molecule has 0 aliphatic carbocycles. The second-order valence-corrected chi connectivity index (χ2v) is 7.99. The largest absolute Gasteiger partial charge is 0.391 e. The summed E-state index contributed by atoms with van der Waals surface area (Å²) >= 11 is 0. The van der Waals surface area contributed by atoms with Gasteiger partial charge in [0, 0.05) is 18.2 Å². The number of rotatable bonds is 5. The number of ether oxygens (including phenoxy) is 1. The number of aliphatic hydroxyl groups is 1. The van der Waals surface area contributed by atoms with Crippen LogP contribution in [-0.2, 0) is 4.74 Å². The first-order valence-corrected chi connectivity index (χ1v) is 10.8. The number of amides is 1. The van der Waals surface area contributed by atoms with Crippen LogP contribution in [0.15, 0.2) is 48.8 Å². The van der Waals surface area contributed by atoms with E-state index in [-0.39, 0.29) is 18.2 Å². The van der Waals surface area contributed by atoms with Crippen LogP contribution in [0, 0.1) is 17.5 Å². The zero-order valence-electron chi connectivity index (χ0n) is 18.2. The van der Waals surface area contributed by atoms with Crippen molar-refractivity contribution in [1.82, 2.24) is 9.97 Å². The first-order chi connectivity index (χ1) is 16.3. The Bertz CT molecular complexity index is 1190. The summed E-state index contributed by atoms with van der Waals surface area (Å²) in [5.41, 5.74) is 5.33. The fraction of sp³-hybridized carbons (Fsp3) is 0.292. The molecule has 34 heavy (non-hydrogen) atoms. The summed E-state index contributed by atoms with van der Waals surface area (Å²) in [7, 11) is 0. The van der Waals surface area contributed by atoms with E-state index in [1.165, 1.54) is 12.4 Å². The number of hydrogen-bond donors (Lipinski definition) is 3. The lowest BCUT2D eigenvalue weighted by Crippen LogP contribution is -2.50. The van der Waals surface area contributed by atoms with Crippen molar-refractivity contribution in [2.75, 3.05) is 5.32 Å². The van der Waals surface area contributed by atoms with Gasteiger partial charge >= 0.3 is 0 Å². The molecule has 0 saturated carbocycles. The molecule has 4 atom stereocenters. The van der Waals surface area contributed by atoms with Crippen LogP contribution in [-0.4, -0.2) is 39.2 Å². The van der Waals surface area contributed by atoms with Gasteiger partial charge in [0.05, 0.1) is 41.8 Å². The van der Waals surface area contributed by atoms with E-state index < -0.39 is 52.9 Å². The maximum absolute atomic E-state index is 14.4. The van der Waals surface area contributed by atoms with Gasteiger partial charge in [0.1, 0.15) is 28.8 Å². The van der Waals surface area contributed by atoms with Crippen molar-refractivity contribution in [3.8, 4) is 11.3 Å². The highest BCUT2D eigenvalue weighted by Crippen LogP contribution is 2.35. The van der Waals surface area contributed by atoms with Crippen molar-refractivity contribution in [2.45, 2.75) is 44.1 Å². The minimum Gasteiger partial charge on any atom is -0.391 e. The van der Waals surface area contributed by atoms with Gasteiger partial charge in [-0.3, -0.25) is 9.78 Å². The van der Waals surface area contributed by atoms with E-state index in [9.17, 15) is 23.1 Å². The number of carbonyl (C=O) groups excluding carboxylic acids is 1. The summed E-state index contributed by atoms with van der Waals surface area (Å²) in [6, 6.07) is 6.24. The van der Waals surface area contributed by atoms with Crippen LogP contribution < -0.4 is 11.1 Å². The van der Waals surface area contributed by atoms with Crippen LogP contribution in [0.2, 0.25) is 0 Å². The van der Waals surface area contributed by atoms with E-state index in [4.69, 9.17) is 10.5 Å². The molecule has 0 unspecified atom stereocenters. The molecule has 3 heterocycles. The number of halogens is 3. The van der Waals surface area contributed by atoms with E-state index in [1.54, 1.807) is 6.07 Å². The van der Waals surface area contributed by atoms with Gasteiger partial charge in [-0.25, -0.2) is 18.2 Å². The van der Waals surface area contributed by atoms with Gasteiger partial charge in [-0.1, -0.05) is 13.0 Å². The average molecular weight is 472 g/mol. The predicted molar refractivity (Wildman–Crippen MR) is 118 cm³/mol. The van der Waals surface area contributed by atoms with Crippen molar-refractivity contribution in [3.05, 3.63) is 77.5 Å².